The van der Waals surface area contributed by atoms with Crippen LogP contribution in [0.3, 0.4) is 0 Å². The van der Waals surface area contributed by atoms with Crippen LogP contribution in [0.4, 0.5) is 17.6 Å². The highest BCUT2D eigenvalue weighted by atomic mass is 19.2. The third-order valence-corrected chi connectivity index (χ3v) is 6.55. The van der Waals surface area contributed by atoms with E-state index in [2.05, 4.69) is 0 Å². The predicted octanol–water partition coefficient (Wildman–Crippen LogP) is 6.76. The van der Waals surface area contributed by atoms with Gasteiger partial charge in [0.05, 0.1) is 7.11 Å². The van der Waals surface area contributed by atoms with E-state index in [4.69, 9.17) is 9.47 Å². The maximum atomic E-state index is 14.7. The van der Waals surface area contributed by atoms with E-state index in [1.807, 2.05) is 0 Å². The molecule has 0 bridgehead atoms. The lowest BCUT2D eigenvalue weighted by atomic mass is 9.79. The zero-order valence-corrected chi connectivity index (χ0v) is 18.8. The number of aliphatic hydroxyl groups is 1. The summed E-state index contributed by atoms with van der Waals surface area (Å²) < 4.78 is 68.0. The van der Waals surface area contributed by atoms with Crippen molar-refractivity contribution in [2.75, 3.05) is 13.7 Å². The van der Waals surface area contributed by atoms with E-state index in [1.54, 1.807) is 30.3 Å². The fraction of sp³-hybridized carbons (Fsp3) is 0.333. The molecular formula is C27H26F4O3. The normalized spacial score (nSPS) is 18.1. The summed E-state index contributed by atoms with van der Waals surface area (Å²) in [6.07, 6.45) is 3.02. The topological polar surface area (TPSA) is 38.7 Å². The second-order valence-corrected chi connectivity index (χ2v) is 8.61. The van der Waals surface area contributed by atoms with E-state index in [9.17, 15) is 22.7 Å². The molecule has 0 saturated heterocycles. The van der Waals surface area contributed by atoms with Crippen molar-refractivity contribution in [2.45, 2.75) is 38.2 Å². The Balaban J connectivity index is 1.43. The Morgan fingerprint density at radius 1 is 0.765 bits per heavy atom. The molecule has 7 heteroatoms. The Morgan fingerprint density at radius 3 is 2.06 bits per heavy atom. The molecule has 0 aromatic heterocycles. The van der Waals surface area contributed by atoms with Crippen LogP contribution < -0.4 is 9.47 Å². The van der Waals surface area contributed by atoms with Gasteiger partial charge in [-0.1, -0.05) is 30.3 Å². The molecule has 0 radical (unpaired) electrons. The molecule has 3 nitrogen and oxygen atoms in total. The average Bonchev–Trinajstić information content (AvgIpc) is 2.87. The van der Waals surface area contributed by atoms with Gasteiger partial charge in [0, 0.05) is 12.2 Å². The summed E-state index contributed by atoms with van der Waals surface area (Å²) in [4.78, 5) is 0. The fourth-order valence-electron chi connectivity index (χ4n) is 4.48. The maximum absolute atomic E-state index is 14.7. The molecule has 34 heavy (non-hydrogen) atoms. The van der Waals surface area contributed by atoms with E-state index >= 15 is 0 Å². The second-order valence-electron chi connectivity index (χ2n) is 8.61. The van der Waals surface area contributed by atoms with Crippen molar-refractivity contribution in [3.63, 3.8) is 0 Å². The van der Waals surface area contributed by atoms with Gasteiger partial charge in [-0.25, -0.2) is 8.78 Å². The van der Waals surface area contributed by atoms with Crippen LogP contribution in [-0.4, -0.2) is 18.8 Å². The number of aliphatic hydroxyl groups excluding tert-OH is 1. The summed E-state index contributed by atoms with van der Waals surface area (Å²) in [6, 6.07) is 12.3. The van der Waals surface area contributed by atoms with Crippen LogP contribution in [-0.2, 0) is 6.61 Å². The quantitative estimate of drug-likeness (QED) is 0.385. The Bertz CT molecular complexity index is 1140. The SMILES string of the molecule is COc1ccc(-c2ccc(COc3ccc(C4CCC(CO)CC4)c(F)c3F)cc2)c(F)c1F. The van der Waals surface area contributed by atoms with E-state index in [0.29, 0.717) is 29.5 Å². The molecule has 0 unspecified atom stereocenters. The van der Waals surface area contributed by atoms with Crippen LogP contribution in [0.1, 0.15) is 42.7 Å². The first kappa shape index (κ1) is 24.1. The molecule has 0 amide bonds. The van der Waals surface area contributed by atoms with Gasteiger partial charge in [0.15, 0.2) is 23.1 Å². The lowest BCUT2D eigenvalue weighted by molar-refractivity contribution is 0.181. The average molecular weight is 474 g/mol. The van der Waals surface area contributed by atoms with Gasteiger partial charge in [-0.15, -0.1) is 0 Å². The zero-order valence-electron chi connectivity index (χ0n) is 18.8. The smallest absolute Gasteiger partial charge is 0.201 e. The fourth-order valence-corrected chi connectivity index (χ4v) is 4.48. The predicted molar refractivity (Wildman–Crippen MR) is 121 cm³/mol. The van der Waals surface area contributed by atoms with Gasteiger partial charge >= 0.3 is 0 Å². The number of hydrogen-bond acceptors (Lipinski definition) is 3. The van der Waals surface area contributed by atoms with Gasteiger partial charge in [0.1, 0.15) is 6.61 Å². The standard InChI is InChI=1S/C27H26F4O3/c1-33-22-12-10-20(24(28)26(22)30)19-8-4-17(5-9-19)15-34-23-13-11-21(25(29)27(23)31)18-6-2-16(14-32)3-7-18/h4-5,8-13,16,18,32H,2-3,6-7,14-15H2,1H3. The van der Waals surface area contributed by atoms with Crippen molar-refractivity contribution in [1.29, 1.82) is 0 Å². The molecule has 0 aliphatic heterocycles. The third kappa shape index (κ3) is 4.89. The van der Waals surface area contributed by atoms with Gasteiger partial charge in [-0.05, 0) is 72.4 Å². The number of benzene rings is 3. The Hall–Kier alpha value is -3.06. The summed E-state index contributed by atoms with van der Waals surface area (Å²) >= 11 is 0. The molecule has 180 valence electrons. The van der Waals surface area contributed by atoms with E-state index in [1.165, 1.54) is 25.3 Å². The Morgan fingerprint density at radius 2 is 1.41 bits per heavy atom. The number of ether oxygens (including phenoxy) is 2. The van der Waals surface area contributed by atoms with Crippen LogP contribution in [0.2, 0.25) is 0 Å². The highest BCUT2D eigenvalue weighted by Gasteiger charge is 2.26. The summed E-state index contributed by atoms with van der Waals surface area (Å²) in [5.41, 5.74) is 1.55. The van der Waals surface area contributed by atoms with Crippen LogP contribution >= 0.6 is 0 Å². The van der Waals surface area contributed by atoms with Crippen LogP contribution in [0.25, 0.3) is 11.1 Å². The number of rotatable bonds is 7. The minimum absolute atomic E-state index is 0.0168. The molecule has 1 aliphatic carbocycles. The zero-order chi connectivity index (χ0) is 24.2. The van der Waals surface area contributed by atoms with E-state index in [0.717, 1.165) is 12.8 Å². The molecular weight excluding hydrogens is 448 g/mol. The number of halogens is 4. The van der Waals surface area contributed by atoms with Crippen molar-refractivity contribution >= 4 is 0 Å². The molecule has 0 spiro atoms. The number of hydrogen-bond donors (Lipinski definition) is 1. The first-order valence-electron chi connectivity index (χ1n) is 11.3. The molecule has 1 aliphatic rings. The summed E-state index contributed by atoms with van der Waals surface area (Å²) in [5, 5.41) is 9.26. The largest absolute Gasteiger partial charge is 0.494 e. The van der Waals surface area contributed by atoms with E-state index in [-0.39, 0.29) is 42.1 Å². The van der Waals surface area contributed by atoms with Crippen molar-refractivity contribution in [2.24, 2.45) is 5.92 Å². The van der Waals surface area contributed by atoms with Gasteiger partial charge in [-0.2, -0.15) is 8.78 Å². The monoisotopic (exact) mass is 474 g/mol. The molecule has 3 aromatic carbocycles. The molecule has 1 N–H and O–H groups in total. The lowest BCUT2D eigenvalue weighted by Crippen LogP contribution is -2.17. The van der Waals surface area contributed by atoms with Gasteiger partial charge < -0.3 is 14.6 Å². The van der Waals surface area contributed by atoms with Gasteiger partial charge in [0.25, 0.3) is 0 Å². The Kier molecular flexibility index (Phi) is 7.41. The van der Waals surface area contributed by atoms with Gasteiger partial charge in [0.2, 0.25) is 11.6 Å². The van der Waals surface area contributed by atoms with E-state index < -0.39 is 23.3 Å². The summed E-state index contributed by atoms with van der Waals surface area (Å²) in [7, 11) is 1.26. The van der Waals surface area contributed by atoms with Crippen molar-refractivity contribution in [3.8, 4) is 22.6 Å². The summed E-state index contributed by atoms with van der Waals surface area (Å²) in [6.45, 7) is 0.111. The van der Waals surface area contributed by atoms with Crippen molar-refractivity contribution in [1.82, 2.24) is 0 Å². The van der Waals surface area contributed by atoms with Crippen LogP contribution in [0, 0.1) is 29.2 Å². The molecule has 3 aromatic rings. The van der Waals surface area contributed by atoms with Crippen molar-refractivity contribution < 1.29 is 32.1 Å². The minimum atomic E-state index is -1.06. The minimum Gasteiger partial charge on any atom is -0.494 e. The third-order valence-electron chi connectivity index (χ3n) is 6.55. The lowest BCUT2D eigenvalue weighted by Gasteiger charge is -2.28. The highest BCUT2D eigenvalue weighted by Crippen LogP contribution is 2.38. The van der Waals surface area contributed by atoms with Crippen molar-refractivity contribution in [3.05, 3.63) is 82.9 Å². The second kappa shape index (κ2) is 10.5. The molecule has 1 saturated carbocycles. The number of methoxy groups -OCH3 is 1. The maximum Gasteiger partial charge on any atom is 0.201 e. The Labute approximate surface area is 196 Å². The molecule has 0 heterocycles. The molecule has 1 fully saturated rings. The molecule has 0 atom stereocenters. The molecule has 4 rings (SSSR count). The van der Waals surface area contributed by atoms with Crippen LogP contribution in [0.5, 0.6) is 11.5 Å². The first-order valence-corrected chi connectivity index (χ1v) is 11.3. The highest BCUT2D eigenvalue weighted by molar-refractivity contribution is 5.65. The first-order chi connectivity index (χ1) is 16.4. The summed E-state index contributed by atoms with van der Waals surface area (Å²) in [5.74, 6) is -4.17. The van der Waals surface area contributed by atoms with Gasteiger partial charge in [-0.3, -0.25) is 0 Å². The van der Waals surface area contributed by atoms with Crippen LogP contribution in [0.15, 0.2) is 48.5 Å².